The van der Waals surface area contributed by atoms with Crippen LogP contribution in [0.2, 0.25) is 0 Å². The first-order valence-electron chi connectivity index (χ1n) is 40.4. The first kappa shape index (κ1) is 100. The summed E-state index contributed by atoms with van der Waals surface area (Å²) in [6.45, 7) is 4.50. The quantitative estimate of drug-likeness (QED) is 0.0169. The number of hydrogen-bond acceptors (Lipinski definition) is 15. The smallest absolute Gasteiger partial charge is 0.462 e. The number of esters is 4. The molecule has 0 aromatic rings. The van der Waals surface area contributed by atoms with Gasteiger partial charge in [0.15, 0.2) is 12.2 Å². The first-order valence-corrected chi connectivity index (χ1v) is 43.4. The third-order valence-corrected chi connectivity index (χ3v) is 18.0. The fourth-order valence-electron chi connectivity index (χ4n) is 9.99. The van der Waals surface area contributed by atoms with Crippen LogP contribution in [-0.2, 0) is 65.4 Å². The van der Waals surface area contributed by atoms with Crippen LogP contribution in [-0.4, -0.2) is 96.7 Å². The highest BCUT2D eigenvalue weighted by atomic mass is 31.2. The lowest BCUT2D eigenvalue weighted by atomic mass is 10.1. The number of carbonyl (C=O) groups excluding carboxylic acids is 4. The highest BCUT2D eigenvalue weighted by Crippen LogP contribution is 2.45. The van der Waals surface area contributed by atoms with Gasteiger partial charge in [0, 0.05) is 25.7 Å². The molecule has 0 aliphatic carbocycles. The lowest BCUT2D eigenvalue weighted by Gasteiger charge is -2.21. The van der Waals surface area contributed by atoms with Gasteiger partial charge in [-0.3, -0.25) is 37.3 Å². The number of carbonyl (C=O) groups is 4. The number of aliphatic hydroxyl groups excluding tert-OH is 1. The monoisotopic (exact) mass is 1520 g/mol. The minimum atomic E-state index is -5.01. The highest BCUT2D eigenvalue weighted by Gasteiger charge is 2.30. The van der Waals surface area contributed by atoms with Gasteiger partial charge < -0.3 is 33.8 Å². The van der Waals surface area contributed by atoms with Crippen molar-refractivity contribution in [3.63, 3.8) is 0 Å². The van der Waals surface area contributed by atoms with Crippen LogP contribution in [0.3, 0.4) is 0 Å². The van der Waals surface area contributed by atoms with Crippen LogP contribution >= 0.6 is 15.6 Å². The second-order valence-electron chi connectivity index (χ2n) is 26.3. The summed E-state index contributed by atoms with van der Waals surface area (Å²) in [5, 5.41) is 10.6. The molecule has 0 bridgehead atoms. The molecule has 0 amide bonds. The molecule has 19 heteroatoms. The van der Waals surface area contributed by atoms with Crippen LogP contribution in [0.5, 0.6) is 0 Å². The molecule has 0 fully saturated rings. The predicted molar refractivity (Wildman–Crippen MR) is 436 cm³/mol. The fraction of sp³-hybridized carbons (Fsp3) is 0.632. The molecule has 0 rings (SSSR count). The van der Waals surface area contributed by atoms with E-state index in [2.05, 4.69) is 174 Å². The molecule has 0 aromatic heterocycles. The van der Waals surface area contributed by atoms with E-state index in [1.165, 1.54) is 64.2 Å². The lowest BCUT2D eigenvalue weighted by molar-refractivity contribution is -0.161. The first-order chi connectivity index (χ1) is 51.7. The molecular formula is C87H142O17P2. The maximum atomic E-state index is 13.1. The van der Waals surface area contributed by atoms with Gasteiger partial charge in [0.25, 0.3) is 0 Å². The molecule has 0 heterocycles. The molecule has 0 aliphatic rings. The summed E-state index contributed by atoms with van der Waals surface area (Å²) in [6, 6.07) is 0. The van der Waals surface area contributed by atoms with Crippen molar-refractivity contribution in [2.45, 2.75) is 316 Å². The molecule has 0 aromatic carbocycles. The maximum Gasteiger partial charge on any atom is 0.472 e. The molecular weight excluding hydrogens is 1380 g/mol. The second kappa shape index (κ2) is 77.6. The molecule has 0 saturated heterocycles. The molecule has 17 nitrogen and oxygen atoms in total. The zero-order valence-corrected chi connectivity index (χ0v) is 67.6. The van der Waals surface area contributed by atoms with Crippen molar-refractivity contribution in [2.24, 2.45) is 0 Å². The van der Waals surface area contributed by atoms with Crippen LogP contribution in [0, 0.1) is 0 Å². The van der Waals surface area contributed by atoms with E-state index in [9.17, 15) is 43.2 Å². The Balaban J connectivity index is 5.50. The SMILES string of the molecule is CC/C=C\C/C=C\C/C=C\C/C=C\C/C=C\CCCCCC(=O)OC[C@H](COP(=O)(O)OC[C@@H](O)COP(=O)(O)OC[C@@H](COC(=O)CCC/C=C\C/C=C\C/C=C\C/C=C\CCCCC)OC(=O)CCC/C=C\C/C=C\C/C=C\C/C=C\CCCCC)OC(=O)CCCCCCC/C=C\CCCCCC. The van der Waals surface area contributed by atoms with Crippen molar-refractivity contribution in [2.75, 3.05) is 39.6 Å². The molecule has 0 aliphatic heterocycles. The van der Waals surface area contributed by atoms with E-state index in [1.807, 2.05) is 24.3 Å². The minimum absolute atomic E-state index is 0.00111. The van der Waals surface area contributed by atoms with Crippen molar-refractivity contribution in [1.29, 1.82) is 0 Å². The average molecular weight is 1520 g/mol. The largest absolute Gasteiger partial charge is 0.472 e. The topological polar surface area (TPSA) is 237 Å². The number of ether oxygens (including phenoxy) is 4. The van der Waals surface area contributed by atoms with Gasteiger partial charge in [-0.15, -0.1) is 0 Å². The van der Waals surface area contributed by atoms with E-state index < -0.39 is 97.5 Å². The molecule has 5 atom stereocenters. The standard InChI is InChI=1S/C87H142O17P2/c1-5-9-13-17-21-25-29-33-36-39-40-43-45-49-52-56-60-64-68-72-85(90)97-77-82(103-86(91)73-69-65-61-57-53-47-32-28-24-20-16-12-8-4)79-101-105(93,94)99-75-81(88)76-100-106(95,96)102-80-83(104-87(92)74-70-66-62-58-54-50-46-42-38-35-31-27-23-19-15-11-7-3)78-98-84(89)71-67-63-59-55-51-48-44-41-37-34-30-26-22-18-14-10-6-2/h9,13,21-23,25-28,32-38,40,43-44,46,48-50,52,55,58-59,62,81-83,88H,5-8,10-12,14-20,24,29-31,39,41-42,45,47,51,53-54,56-57,60-61,63-80H2,1-4H3,(H,93,94)(H,95,96)/b13-9-,25-21-,26-22-,27-23-,32-28-,36-33-,37-34-,38-35-,43-40-,48-44-,50-46-,52-49-,59-55-,62-58-/t81-,82-,83-/m1/s1. The van der Waals surface area contributed by atoms with Crippen molar-refractivity contribution in [1.82, 2.24) is 0 Å². The van der Waals surface area contributed by atoms with Crippen LogP contribution in [0.15, 0.2) is 170 Å². The number of aliphatic hydroxyl groups is 1. The number of phosphoric ester groups is 2. The molecule has 0 saturated carbocycles. The zero-order chi connectivity index (χ0) is 77.4. The third kappa shape index (κ3) is 76.6. The van der Waals surface area contributed by atoms with Gasteiger partial charge in [-0.2, -0.15) is 0 Å². The van der Waals surface area contributed by atoms with E-state index in [0.29, 0.717) is 38.5 Å². The number of allylic oxidation sites excluding steroid dienone is 28. The summed E-state index contributed by atoms with van der Waals surface area (Å²) in [5.41, 5.74) is 0. The van der Waals surface area contributed by atoms with E-state index in [1.54, 1.807) is 0 Å². The Hall–Kier alpha value is -5.58. The number of phosphoric acid groups is 2. The molecule has 2 unspecified atom stereocenters. The van der Waals surface area contributed by atoms with Crippen LogP contribution in [0.4, 0.5) is 0 Å². The Kier molecular flexibility index (Phi) is 73.5. The summed E-state index contributed by atoms with van der Waals surface area (Å²) < 4.78 is 68.5. The summed E-state index contributed by atoms with van der Waals surface area (Å²) in [7, 11) is -10.0. The van der Waals surface area contributed by atoms with Gasteiger partial charge in [-0.05, 0) is 173 Å². The number of unbranched alkanes of at least 4 members (excludes halogenated alkanes) is 20. The number of hydrogen-bond donors (Lipinski definition) is 3. The van der Waals surface area contributed by atoms with Gasteiger partial charge in [0.2, 0.25) is 0 Å². The lowest BCUT2D eigenvalue weighted by Crippen LogP contribution is -2.30. The summed E-state index contributed by atoms with van der Waals surface area (Å²) in [4.78, 5) is 73.0. The molecule has 106 heavy (non-hydrogen) atoms. The Morgan fingerprint density at radius 3 is 0.840 bits per heavy atom. The molecule has 602 valence electrons. The Morgan fingerprint density at radius 1 is 0.274 bits per heavy atom. The van der Waals surface area contributed by atoms with E-state index in [-0.39, 0.29) is 25.7 Å². The molecule has 0 spiro atoms. The van der Waals surface area contributed by atoms with Crippen molar-refractivity contribution < 1.29 is 80.2 Å². The Morgan fingerprint density at radius 2 is 0.500 bits per heavy atom. The van der Waals surface area contributed by atoms with Crippen LogP contribution < -0.4 is 0 Å². The third-order valence-electron chi connectivity index (χ3n) is 16.1. The average Bonchev–Trinajstić information content (AvgIpc) is 0.900. The van der Waals surface area contributed by atoms with E-state index in [4.69, 9.17) is 37.0 Å². The minimum Gasteiger partial charge on any atom is -0.462 e. The van der Waals surface area contributed by atoms with E-state index in [0.717, 1.165) is 141 Å². The maximum absolute atomic E-state index is 13.1. The summed E-state index contributed by atoms with van der Waals surface area (Å²) in [6.07, 6.45) is 92.0. The van der Waals surface area contributed by atoms with E-state index >= 15 is 0 Å². The fourth-order valence-corrected chi connectivity index (χ4v) is 11.6. The Labute approximate surface area is 642 Å². The van der Waals surface area contributed by atoms with Gasteiger partial charge >= 0.3 is 39.5 Å². The van der Waals surface area contributed by atoms with Crippen molar-refractivity contribution in [3.05, 3.63) is 170 Å². The van der Waals surface area contributed by atoms with Gasteiger partial charge in [0.05, 0.1) is 26.4 Å². The van der Waals surface area contributed by atoms with Crippen LogP contribution in [0.1, 0.15) is 297 Å². The summed E-state index contributed by atoms with van der Waals surface area (Å²) in [5.74, 6) is -2.36. The molecule has 3 N–H and O–H groups in total. The second-order valence-corrected chi connectivity index (χ2v) is 29.2. The van der Waals surface area contributed by atoms with Crippen molar-refractivity contribution in [3.8, 4) is 0 Å². The van der Waals surface area contributed by atoms with Gasteiger partial charge in [-0.25, -0.2) is 9.13 Å². The van der Waals surface area contributed by atoms with Gasteiger partial charge in [0.1, 0.15) is 19.3 Å². The van der Waals surface area contributed by atoms with Gasteiger partial charge in [-0.1, -0.05) is 268 Å². The Bertz CT molecular complexity index is 2680. The zero-order valence-electron chi connectivity index (χ0n) is 65.8. The normalized spacial score (nSPS) is 14.7. The number of rotatable bonds is 74. The summed E-state index contributed by atoms with van der Waals surface area (Å²) >= 11 is 0. The molecule has 0 radical (unpaired) electrons. The predicted octanol–water partition coefficient (Wildman–Crippen LogP) is 23.8. The highest BCUT2D eigenvalue weighted by molar-refractivity contribution is 7.47. The van der Waals surface area contributed by atoms with Crippen molar-refractivity contribution >= 4 is 39.5 Å². The van der Waals surface area contributed by atoms with Crippen LogP contribution in [0.25, 0.3) is 0 Å².